The summed E-state index contributed by atoms with van der Waals surface area (Å²) in [5.41, 5.74) is 10.8. The van der Waals surface area contributed by atoms with Gasteiger partial charge < -0.3 is 24.9 Å². The third-order valence-corrected chi connectivity index (χ3v) is 16.8. The number of benzene rings is 6. The summed E-state index contributed by atoms with van der Waals surface area (Å²) in [5, 5.41) is 3.27. The molecule has 3 saturated heterocycles. The summed E-state index contributed by atoms with van der Waals surface area (Å²) in [7, 11) is 4.36. The number of para-hydroxylation sites is 2. The zero-order valence-corrected chi connectivity index (χ0v) is 44.7. The Hall–Kier alpha value is -3.67. The molecule has 9 heteroatoms. The molecule has 0 bridgehead atoms. The summed E-state index contributed by atoms with van der Waals surface area (Å²) in [5.74, 6) is 0. The Kier molecular flexibility index (Phi) is 22.8. The molecule has 5 nitrogen and oxygen atoms in total. The molecule has 0 radical (unpaired) electrons. The van der Waals surface area contributed by atoms with Crippen LogP contribution in [0, 0.1) is 41.5 Å². The molecule has 358 valence electrons. The smallest absolute Gasteiger partial charge is 0.0508 e. The summed E-state index contributed by atoms with van der Waals surface area (Å²) >= 11 is 9.16. The van der Waals surface area contributed by atoms with Gasteiger partial charge in [0.1, 0.15) is 0 Å². The van der Waals surface area contributed by atoms with Crippen molar-refractivity contribution in [2.75, 3.05) is 89.3 Å². The lowest BCUT2D eigenvalue weighted by Gasteiger charge is -2.35. The van der Waals surface area contributed by atoms with Crippen LogP contribution in [0.5, 0.6) is 0 Å². The quantitative estimate of drug-likeness (QED) is 0.161. The second-order valence-electron chi connectivity index (χ2n) is 17.9. The minimum absolute atomic E-state index is 0. The van der Waals surface area contributed by atoms with E-state index in [1.54, 1.807) is 11.8 Å². The number of hydrogen-bond donors (Lipinski definition) is 1. The van der Waals surface area contributed by atoms with Gasteiger partial charge in [0.15, 0.2) is 0 Å². The Bertz CT molecular complexity index is 2420. The number of nitrogens with one attached hydrogen (secondary N) is 1. The van der Waals surface area contributed by atoms with E-state index in [0.29, 0.717) is 0 Å². The van der Waals surface area contributed by atoms with Crippen LogP contribution in [-0.4, -0.2) is 89.3 Å². The van der Waals surface area contributed by atoms with E-state index in [1.807, 2.05) is 29.6 Å². The van der Waals surface area contributed by atoms with Gasteiger partial charge in [-0.15, -0.1) is 0 Å². The summed E-state index contributed by atoms with van der Waals surface area (Å²) in [6, 6.07) is 46.0. The highest BCUT2D eigenvalue weighted by Gasteiger charge is 2.18. The summed E-state index contributed by atoms with van der Waals surface area (Å²) < 4.78 is 1.15. The highest BCUT2D eigenvalue weighted by atomic mass is 79.9. The van der Waals surface area contributed by atoms with E-state index in [9.17, 15) is 0 Å². The largest absolute Gasteiger partial charge is 0.371 e. The molecular weight excluding hydrogens is 943 g/mol. The van der Waals surface area contributed by atoms with Gasteiger partial charge in [-0.25, -0.2) is 0 Å². The number of piperazine rings is 2. The first kappa shape index (κ1) is 54.3. The second-order valence-corrected chi connectivity index (χ2v) is 22.0. The highest BCUT2D eigenvalue weighted by molar-refractivity contribution is 9.10. The number of anilines is 2. The van der Waals surface area contributed by atoms with Crippen LogP contribution in [0.2, 0.25) is 0 Å². The van der Waals surface area contributed by atoms with Crippen molar-refractivity contribution in [1.82, 2.24) is 15.1 Å². The molecule has 0 amide bonds. The SMILES string of the molecule is C.CN1CCNCC1.Cc1ccc(Sc2ccccc2Br)c(C)c1.Cc1ccc(Sc2ccccc2N2CCCCC2)c(C)c1.Cc1ccc(Sc2ccccc2N2CCN(C)CC2)c(C)c1. The minimum Gasteiger partial charge on any atom is -0.371 e. The monoisotopic (exact) mass is 1020 g/mol. The fourth-order valence-electron chi connectivity index (χ4n) is 8.19. The number of halogens is 1. The van der Waals surface area contributed by atoms with E-state index in [-0.39, 0.29) is 7.43 Å². The lowest BCUT2D eigenvalue weighted by Crippen LogP contribution is -2.44. The van der Waals surface area contributed by atoms with Crippen molar-refractivity contribution in [3.8, 4) is 0 Å². The summed E-state index contributed by atoms with van der Waals surface area (Å²) in [6.07, 6.45) is 4.02. The lowest BCUT2D eigenvalue weighted by molar-refractivity contribution is 0.291. The van der Waals surface area contributed by atoms with Crippen LogP contribution in [0.4, 0.5) is 11.4 Å². The highest BCUT2D eigenvalue weighted by Crippen LogP contribution is 2.39. The Balaban J connectivity index is 0.000000176. The van der Waals surface area contributed by atoms with Gasteiger partial charge in [0, 0.05) is 99.3 Å². The average Bonchev–Trinajstić information content (AvgIpc) is 3.32. The standard InChI is InChI=1S/C19H24N2S.C19H23NS.C14H13BrS.C5H12N2.CH4/c1-15-8-9-18(16(2)14-15)22-19-7-5-4-6-17(19)21-12-10-20(3)11-13-21;1-15-10-11-18(16(2)14-15)21-19-9-5-4-8-17(19)20-12-6-3-7-13-20;1-10-7-8-13(11(2)9-10)16-14-6-4-3-5-12(14)15;1-7-4-2-6-3-5-7;/h4-9,14H,10-13H2,1-3H3;4-5,8-11,14H,3,6-7,12-13H2,1-2H3;3-9H,1-2H3;6H,2-5H2,1H3;1H4. The molecule has 0 spiro atoms. The van der Waals surface area contributed by atoms with Crippen molar-refractivity contribution in [2.45, 2.75) is 97.6 Å². The molecular formula is C58H76BrN5S3. The molecule has 6 aromatic rings. The maximum atomic E-state index is 3.57. The molecule has 3 aliphatic rings. The molecule has 0 atom stereocenters. The zero-order valence-electron chi connectivity index (χ0n) is 40.7. The van der Waals surface area contributed by atoms with Crippen LogP contribution < -0.4 is 15.1 Å². The zero-order chi connectivity index (χ0) is 46.8. The van der Waals surface area contributed by atoms with Crippen LogP contribution in [0.25, 0.3) is 0 Å². The maximum absolute atomic E-state index is 3.57. The van der Waals surface area contributed by atoms with Gasteiger partial charge in [0.05, 0.1) is 11.4 Å². The molecule has 67 heavy (non-hydrogen) atoms. The molecule has 3 aliphatic heterocycles. The predicted molar refractivity (Wildman–Crippen MR) is 300 cm³/mol. The normalized spacial score (nSPS) is 15.2. The van der Waals surface area contributed by atoms with Crippen molar-refractivity contribution in [1.29, 1.82) is 0 Å². The first-order valence-electron chi connectivity index (χ1n) is 23.7. The van der Waals surface area contributed by atoms with Crippen molar-refractivity contribution >= 4 is 62.6 Å². The number of piperidine rings is 1. The van der Waals surface area contributed by atoms with Crippen LogP contribution in [0.3, 0.4) is 0 Å². The summed E-state index contributed by atoms with van der Waals surface area (Å²) in [4.78, 5) is 17.8. The van der Waals surface area contributed by atoms with E-state index in [2.05, 4.69) is 218 Å². The van der Waals surface area contributed by atoms with E-state index in [0.717, 1.165) is 43.7 Å². The minimum atomic E-state index is 0. The molecule has 0 saturated carbocycles. The van der Waals surface area contributed by atoms with Crippen molar-refractivity contribution < 1.29 is 0 Å². The second kappa shape index (κ2) is 28.1. The van der Waals surface area contributed by atoms with Crippen LogP contribution in [-0.2, 0) is 0 Å². The molecule has 1 N–H and O–H groups in total. The fourth-order valence-corrected chi connectivity index (χ4v) is 11.7. The van der Waals surface area contributed by atoms with Crippen LogP contribution in [0.1, 0.15) is 60.1 Å². The number of aryl methyl sites for hydroxylation is 6. The fraction of sp³-hybridized carbons (Fsp3) is 0.379. The molecule has 0 aliphatic carbocycles. The third kappa shape index (κ3) is 17.4. The van der Waals surface area contributed by atoms with Gasteiger partial charge in [-0.3, -0.25) is 0 Å². The average molecular weight is 1020 g/mol. The van der Waals surface area contributed by atoms with Crippen molar-refractivity contribution in [3.05, 3.63) is 165 Å². The maximum Gasteiger partial charge on any atom is 0.0508 e. The Morgan fingerprint density at radius 3 is 1.18 bits per heavy atom. The van der Waals surface area contributed by atoms with Gasteiger partial charge >= 0.3 is 0 Å². The molecule has 3 fully saturated rings. The van der Waals surface area contributed by atoms with Crippen molar-refractivity contribution in [3.63, 3.8) is 0 Å². The Morgan fingerprint density at radius 1 is 0.403 bits per heavy atom. The van der Waals surface area contributed by atoms with Crippen molar-refractivity contribution in [2.24, 2.45) is 0 Å². The molecule has 0 unspecified atom stereocenters. The predicted octanol–water partition coefficient (Wildman–Crippen LogP) is 15.0. The van der Waals surface area contributed by atoms with Gasteiger partial charge in [-0.2, -0.15) is 0 Å². The van der Waals surface area contributed by atoms with Gasteiger partial charge in [0.2, 0.25) is 0 Å². The van der Waals surface area contributed by atoms with Crippen LogP contribution in [0.15, 0.2) is 161 Å². The van der Waals surface area contributed by atoms with Gasteiger partial charge in [-0.1, -0.05) is 132 Å². The van der Waals surface area contributed by atoms with E-state index >= 15 is 0 Å². The number of hydrogen-bond acceptors (Lipinski definition) is 8. The Labute approximate surface area is 427 Å². The van der Waals surface area contributed by atoms with Gasteiger partial charge in [0.25, 0.3) is 0 Å². The molecule has 6 aromatic carbocycles. The molecule has 0 aromatic heterocycles. The number of nitrogens with zero attached hydrogens (tertiary/aromatic N) is 4. The Morgan fingerprint density at radius 2 is 0.776 bits per heavy atom. The van der Waals surface area contributed by atoms with Gasteiger partial charge in [-0.05, 0) is 162 Å². The first-order valence-corrected chi connectivity index (χ1v) is 26.9. The lowest BCUT2D eigenvalue weighted by atomic mass is 10.1. The molecule has 3 heterocycles. The van der Waals surface area contributed by atoms with Crippen LogP contribution >= 0.6 is 51.2 Å². The molecule has 9 rings (SSSR count). The van der Waals surface area contributed by atoms with E-state index < -0.39 is 0 Å². The van der Waals surface area contributed by atoms with E-state index in [4.69, 9.17) is 0 Å². The first-order chi connectivity index (χ1) is 31.9. The summed E-state index contributed by atoms with van der Waals surface area (Å²) in [6.45, 7) is 24.6. The topological polar surface area (TPSA) is 25.0 Å². The van der Waals surface area contributed by atoms with E-state index in [1.165, 1.54) is 120 Å². The number of rotatable bonds is 8. The number of likely N-dealkylation sites (N-methyl/N-ethyl adjacent to an activating group) is 2. The third-order valence-electron chi connectivity index (χ3n) is 12.1.